The number of anilines is 1. The van der Waals surface area contributed by atoms with E-state index in [1.807, 2.05) is 33.8 Å². The number of ether oxygens (including phenoxy) is 2. The topological polar surface area (TPSA) is 98.2 Å². The highest BCUT2D eigenvalue weighted by Gasteiger charge is 2.29. The third-order valence-corrected chi connectivity index (χ3v) is 7.96. The molecule has 9 nitrogen and oxygen atoms in total. The third kappa shape index (κ3) is 4.93. The number of benzene rings is 1. The molecule has 4 aromatic rings. The van der Waals surface area contributed by atoms with Gasteiger partial charge in [-0.1, -0.05) is 17.7 Å². The van der Waals surface area contributed by atoms with Gasteiger partial charge in [0, 0.05) is 43.2 Å². The second-order valence-corrected chi connectivity index (χ2v) is 11.7. The largest absolute Gasteiger partial charge is 0.495 e. The first-order valence-corrected chi connectivity index (χ1v) is 13.3. The fourth-order valence-electron chi connectivity index (χ4n) is 4.67. The van der Waals surface area contributed by atoms with Crippen molar-refractivity contribution in [2.24, 2.45) is 0 Å². The minimum absolute atomic E-state index is 0.281. The number of halogens is 1. The summed E-state index contributed by atoms with van der Waals surface area (Å²) < 4.78 is 14.0. The fourth-order valence-corrected chi connectivity index (χ4v) is 6.25. The van der Waals surface area contributed by atoms with E-state index < -0.39 is 5.60 Å². The quantitative estimate of drug-likeness (QED) is 0.377. The Hall–Kier alpha value is -3.08. The van der Waals surface area contributed by atoms with Crippen LogP contribution in [0.15, 0.2) is 24.5 Å². The van der Waals surface area contributed by atoms with Crippen LogP contribution in [0.3, 0.4) is 0 Å². The summed E-state index contributed by atoms with van der Waals surface area (Å²) >= 11 is 8.69. The Morgan fingerprint density at radius 3 is 2.59 bits per heavy atom. The number of carbonyl (C=O) groups is 1. The monoisotopic (exact) mass is 542 g/mol. The second kappa shape index (κ2) is 9.66. The lowest BCUT2D eigenvalue weighted by atomic mass is 10.1. The van der Waals surface area contributed by atoms with Crippen molar-refractivity contribution in [1.29, 1.82) is 0 Å². The van der Waals surface area contributed by atoms with E-state index in [9.17, 15) is 4.79 Å². The van der Waals surface area contributed by atoms with Crippen molar-refractivity contribution >= 4 is 50.5 Å². The van der Waals surface area contributed by atoms with Crippen LogP contribution in [0.4, 0.5) is 10.6 Å². The predicted octanol–water partition coefficient (Wildman–Crippen LogP) is 5.22. The molecule has 196 valence electrons. The summed E-state index contributed by atoms with van der Waals surface area (Å²) in [5.74, 6) is 1.20. The summed E-state index contributed by atoms with van der Waals surface area (Å²) in [6.07, 6.45) is 1.17. The lowest BCUT2D eigenvalue weighted by Crippen LogP contribution is -2.49. The Morgan fingerprint density at radius 2 is 1.92 bits per heavy atom. The molecular formula is C26H31ClN6O3S. The van der Waals surface area contributed by atoms with Gasteiger partial charge in [-0.05, 0) is 50.8 Å². The van der Waals surface area contributed by atoms with E-state index in [0.717, 1.165) is 37.5 Å². The number of hydrogen-bond acceptors (Lipinski definition) is 8. The van der Waals surface area contributed by atoms with Gasteiger partial charge in [-0.3, -0.25) is 4.90 Å². The van der Waals surface area contributed by atoms with Gasteiger partial charge in [0.1, 0.15) is 23.2 Å². The van der Waals surface area contributed by atoms with Crippen molar-refractivity contribution in [3.63, 3.8) is 0 Å². The number of nitrogen functional groups attached to an aromatic ring is 1. The molecule has 1 saturated heterocycles. The molecule has 0 spiro atoms. The Balaban J connectivity index is 1.47. The maximum absolute atomic E-state index is 12.5. The van der Waals surface area contributed by atoms with Crippen LogP contribution in [-0.4, -0.2) is 69.4 Å². The summed E-state index contributed by atoms with van der Waals surface area (Å²) in [6.45, 7) is 10.8. The van der Waals surface area contributed by atoms with Gasteiger partial charge in [-0.2, -0.15) is 5.10 Å². The predicted molar refractivity (Wildman–Crippen MR) is 148 cm³/mol. The number of piperazine rings is 1. The van der Waals surface area contributed by atoms with E-state index >= 15 is 0 Å². The average molecular weight is 543 g/mol. The number of rotatable bonds is 4. The normalized spacial score (nSPS) is 15.0. The Kier molecular flexibility index (Phi) is 6.68. The van der Waals surface area contributed by atoms with Crippen molar-refractivity contribution in [3.05, 3.63) is 40.8 Å². The zero-order valence-corrected chi connectivity index (χ0v) is 23.2. The van der Waals surface area contributed by atoms with Gasteiger partial charge < -0.3 is 20.1 Å². The van der Waals surface area contributed by atoms with Crippen molar-refractivity contribution in [2.75, 3.05) is 39.0 Å². The summed E-state index contributed by atoms with van der Waals surface area (Å²) in [5, 5.41) is 6.20. The van der Waals surface area contributed by atoms with Gasteiger partial charge in [0.05, 0.1) is 22.5 Å². The standard InChI is InChI=1S/C26H31ClN6O3S/c1-15-10-16-12-19(37-23(16)18(11-15)35-5)20-21(27)17(33-22(20)24(28)29-14-30-33)13-31-6-8-32(9-7-31)25(34)36-26(2,3)4/h10-12,14H,6-9,13H2,1-5H3,(H2,28,29,30). The number of aromatic nitrogens is 3. The lowest BCUT2D eigenvalue weighted by Gasteiger charge is -2.35. The summed E-state index contributed by atoms with van der Waals surface area (Å²) in [6, 6.07) is 6.28. The third-order valence-electron chi connectivity index (χ3n) is 6.37. The van der Waals surface area contributed by atoms with Crippen LogP contribution in [0.2, 0.25) is 5.02 Å². The first kappa shape index (κ1) is 25.6. The molecule has 1 aliphatic heterocycles. The van der Waals surface area contributed by atoms with Crippen molar-refractivity contribution in [2.45, 2.75) is 39.8 Å². The van der Waals surface area contributed by atoms with E-state index in [2.05, 4.69) is 27.1 Å². The van der Waals surface area contributed by atoms with Crippen molar-refractivity contribution < 1.29 is 14.3 Å². The van der Waals surface area contributed by atoms with Crippen LogP contribution in [0, 0.1) is 6.92 Å². The smallest absolute Gasteiger partial charge is 0.410 e. The highest BCUT2D eigenvalue weighted by atomic mass is 35.5. The number of fused-ring (bicyclic) bond motifs is 2. The van der Waals surface area contributed by atoms with Crippen molar-refractivity contribution in [3.8, 4) is 16.2 Å². The number of methoxy groups -OCH3 is 1. The van der Waals surface area contributed by atoms with Gasteiger partial charge in [0.15, 0.2) is 5.82 Å². The Morgan fingerprint density at radius 1 is 1.19 bits per heavy atom. The van der Waals surface area contributed by atoms with E-state index in [4.69, 9.17) is 26.8 Å². The van der Waals surface area contributed by atoms with Crippen LogP contribution in [0.5, 0.6) is 5.75 Å². The molecule has 0 unspecified atom stereocenters. The SMILES string of the molecule is COc1cc(C)cc2cc(-c3c(Cl)c(CN4CCN(C(=O)OC(C)(C)C)CC4)n4ncnc(N)c34)sc12. The molecule has 0 radical (unpaired) electrons. The maximum Gasteiger partial charge on any atom is 0.410 e. The van der Waals surface area contributed by atoms with Gasteiger partial charge >= 0.3 is 6.09 Å². The van der Waals surface area contributed by atoms with Gasteiger partial charge in [0.25, 0.3) is 0 Å². The number of hydrogen-bond donors (Lipinski definition) is 1. The Labute approximate surface area is 224 Å². The molecule has 0 bridgehead atoms. The van der Waals surface area contributed by atoms with Crippen LogP contribution in [0.25, 0.3) is 26.0 Å². The van der Waals surface area contributed by atoms with Crippen LogP contribution >= 0.6 is 22.9 Å². The molecule has 1 aromatic carbocycles. The Bertz CT molecular complexity index is 1480. The highest BCUT2D eigenvalue weighted by molar-refractivity contribution is 7.22. The molecule has 4 heterocycles. The second-order valence-electron chi connectivity index (χ2n) is 10.3. The number of nitrogens with zero attached hydrogens (tertiary/aromatic N) is 5. The number of carbonyl (C=O) groups excluding carboxylic acids is 1. The van der Waals surface area contributed by atoms with Crippen LogP contribution in [-0.2, 0) is 11.3 Å². The van der Waals surface area contributed by atoms with Crippen LogP contribution < -0.4 is 10.5 Å². The molecule has 5 rings (SSSR count). The number of aryl methyl sites for hydroxylation is 1. The molecule has 0 saturated carbocycles. The van der Waals surface area contributed by atoms with E-state index in [1.165, 1.54) is 6.33 Å². The highest BCUT2D eigenvalue weighted by Crippen LogP contribution is 2.46. The lowest BCUT2D eigenvalue weighted by molar-refractivity contribution is 0.0138. The molecule has 2 N–H and O–H groups in total. The molecule has 3 aromatic heterocycles. The molecule has 0 aliphatic carbocycles. The molecule has 1 amide bonds. The van der Waals surface area contributed by atoms with Gasteiger partial charge in [-0.25, -0.2) is 14.3 Å². The minimum Gasteiger partial charge on any atom is -0.495 e. The van der Waals surface area contributed by atoms with Crippen LogP contribution in [0.1, 0.15) is 32.0 Å². The number of thiophene rings is 1. The molecule has 37 heavy (non-hydrogen) atoms. The molecule has 1 fully saturated rings. The molecular weight excluding hydrogens is 512 g/mol. The zero-order valence-electron chi connectivity index (χ0n) is 21.7. The minimum atomic E-state index is -0.516. The molecule has 11 heteroatoms. The number of amides is 1. The van der Waals surface area contributed by atoms with Crippen molar-refractivity contribution in [1.82, 2.24) is 24.4 Å². The van der Waals surface area contributed by atoms with E-state index in [-0.39, 0.29) is 6.09 Å². The van der Waals surface area contributed by atoms with Gasteiger partial charge in [0.2, 0.25) is 0 Å². The zero-order chi connectivity index (χ0) is 26.5. The summed E-state index contributed by atoms with van der Waals surface area (Å²) in [4.78, 5) is 21.7. The fraction of sp³-hybridized carbons (Fsp3) is 0.423. The molecule has 0 atom stereocenters. The number of nitrogens with two attached hydrogens (primary N) is 1. The first-order valence-electron chi connectivity index (χ1n) is 12.1. The summed E-state index contributed by atoms with van der Waals surface area (Å²) in [5.41, 5.74) is 9.32. The van der Waals surface area contributed by atoms with E-state index in [0.29, 0.717) is 49.1 Å². The maximum atomic E-state index is 12.5. The first-order chi connectivity index (χ1) is 17.6. The van der Waals surface area contributed by atoms with E-state index in [1.54, 1.807) is 27.9 Å². The summed E-state index contributed by atoms with van der Waals surface area (Å²) in [7, 11) is 1.68. The van der Waals surface area contributed by atoms with Gasteiger partial charge in [-0.15, -0.1) is 11.3 Å². The molecule has 1 aliphatic rings. The average Bonchev–Trinajstić information content (AvgIpc) is 3.37.